The lowest BCUT2D eigenvalue weighted by atomic mass is 9.91. The van der Waals surface area contributed by atoms with Gasteiger partial charge in [0.15, 0.2) is 0 Å². The minimum atomic E-state index is 1.17. The molecular formula is C48H30N2. The molecule has 0 amide bonds. The van der Waals surface area contributed by atoms with Gasteiger partial charge in [-0.1, -0.05) is 127 Å². The SMILES string of the molecule is c1ccc(-n2c3ccccc3c3c4ccccc4c(-c4ccc5cc(-c6cc7[nH]c8ccccc8c7c7ccccc67)ccc5c4)cc32)cc1. The summed E-state index contributed by atoms with van der Waals surface area (Å²) in [5.74, 6) is 0. The molecule has 50 heavy (non-hydrogen) atoms. The molecule has 0 unspecified atom stereocenters. The van der Waals surface area contributed by atoms with E-state index in [1.165, 1.54) is 104 Å². The molecule has 0 spiro atoms. The highest BCUT2D eigenvalue weighted by atomic mass is 15.0. The molecule has 11 rings (SSSR count). The number of nitrogens with zero attached hydrogens (tertiary/aromatic N) is 1. The number of rotatable bonds is 3. The first-order chi connectivity index (χ1) is 24.8. The van der Waals surface area contributed by atoms with E-state index in [0.717, 1.165) is 0 Å². The van der Waals surface area contributed by atoms with Crippen molar-refractivity contribution < 1.29 is 0 Å². The molecular weight excluding hydrogens is 605 g/mol. The predicted molar refractivity (Wildman–Crippen MR) is 214 cm³/mol. The topological polar surface area (TPSA) is 20.7 Å². The number of para-hydroxylation sites is 3. The van der Waals surface area contributed by atoms with Crippen molar-refractivity contribution in [2.75, 3.05) is 0 Å². The molecule has 0 fully saturated rings. The van der Waals surface area contributed by atoms with E-state index in [2.05, 4.69) is 185 Å². The highest BCUT2D eigenvalue weighted by Gasteiger charge is 2.18. The highest BCUT2D eigenvalue weighted by molar-refractivity contribution is 6.25. The van der Waals surface area contributed by atoms with Crippen molar-refractivity contribution >= 4 is 75.9 Å². The van der Waals surface area contributed by atoms with Gasteiger partial charge in [0.25, 0.3) is 0 Å². The zero-order chi connectivity index (χ0) is 32.8. The van der Waals surface area contributed by atoms with Crippen molar-refractivity contribution in [2.24, 2.45) is 0 Å². The van der Waals surface area contributed by atoms with Crippen LogP contribution in [0.15, 0.2) is 176 Å². The van der Waals surface area contributed by atoms with E-state index in [1.807, 2.05) is 0 Å². The normalized spacial score (nSPS) is 12.0. The van der Waals surface area contributed by atoms with Gasteiger partial charge in [-0.2, -0.15) is 0 Å². The van der Waals surface area contributed by atoms with Gasteiger partial charge >= 0.3 is 0 Å². The van der Waals surface area contributed by atoms with Gasteiger partial charge in [0.2, 0.25) is 0 Å². The van der Waals surface area contributed by atoms with E-state index in [9.17, 15) is 0 Å². The monoisotopic (exact) mass is 634 g/mol. The molecule has 232 valence electrons. The van der Waals surface area contributed by atoms with Gasteiger partial charge in [-0.25, -0.2) is 0 Å². The number of H-pyrrole nitrogens is 1. The number of aromatic nitrogens is 2. The van der Waals surface area contributed by atoms with Gasteiger partial charge in [0.05, 0.1) is 11.0 Å². The van der Waals surface area contributed by atoms with Gasteiger partial charge in [0, 0.05) is 38.3 Å². The molecule has 0 saturated heterocycles. The van der Waals surface area contributed by atoms with Gasteiger partial charge in [-0.05, 0) is 103 Å². The van der Waals surface area contributed by atoms with E-state index >= 15 is 0 Å². The Hall–Kier alpha value is -6.64. The number of hydrogen-bond acceptors (Lipinski definition) is 0. The van der Waals surface area contributed by atoms with Crippen LogP contribution in [0.2, 0.25) is 0 Å². The Balaban J connectivity index is 1.11. The third-order valence-corrected chi connectivity index (χ3v) is 10.7. The Bertz CT molecular complexity index is 3140. The maximum Gasteiger partial charge on any atom is 0.0553 e. The van der Waals surface area contributed by atoms with Crippen molar-refractivity contribution in [1.82, 2.24) is 9.55 Å². The molecule has 11 aromatic rings. The molecule has 0 aliphatic carbocycles. The second-order valence-corrected chi connectivity index (χ2v) is 13.4. The maximum atomic E-state index is 3.69. The third kappa shape index (κ3) is 3.90. The molecule has 9 aromatic carbocycles. The second kappa shape index (κ2) is 10.4. The number of nitrogens with one attached hydrogen (secondary N) is 1. The van der Waals surface area contributed by atoms with Gasteiger partial charge < -0.3 is 9.55 Å². The number of aromatic amines is 1. The van der Waals surface area contributed by atoms with E-state index in [-0.39, 0.29) is 0 Å². The first-order valence-electron chi connectivity index (χ1n) is 17.3. The molecule has 0 saturated carbocycles. The minimum absolute atomic E-state index is 1.17. The summed E-state index contributed by atoms with van der Waals surface area (Å²) in [6, 6.07) is 64.5. The quantitative estimate of drug-likeness (QED) is 0.200. The van der Waals surface area contributed by atoms with E-state index in [0.29, 0.717) is 0 Å². The first-order valence-corrected chi connectivity index (χ1v) is 17.3. The molecule has 0 atom stereocenters. The van der Waals surface area contributed by atoms with Crippen LogP contribution in [0, 0.1) is 0 Å². The standard InChI is InChI=1S/C48H30N2/c1-2-12-34(13-3-1)50-45-21-11-9-19-40(45)48-38-17-7-5-15-36(38)42(29-46(48)50)33-25-23-30-26-32(24-22-31(30)27-33)41-28-44-47(37-16-6-4-14-35(37)41)39-18-8-10-20-43(39)49-44/h1-29,49H. The third-order valence-electron chi connectivity index (χ3n) is 10.7. The van der Waals surface area contributed by atoms with Crippen LogP contribution in [0.4, 0.5) is 0 Å². The average molecular weight is 635 g/mol. The van der Waals surface area contributed by atoms with Crippen LogP contribution in [0.3, 0.4) is 0 Å². The predicted octanol–water partition coefficient (Wildman–Crippen LogP) is 13.2. The van der Waals surface area contributed by atoms with Crippen LogP contribution in [0.5, 0.6) is 0 Å². The Morgan fingerprint density at radius 1 is 0.340 bits per heavy atom. The Kier molecular flexibility index (Phi) is 5.70. The summed E-state index contributed by atoms with van der Waals surface area (Å²) in [5, 5.41) is 12.7. The zero-order valence-corrected chi connectivity index (χ0v) is 27.2. The van der Waals surface area contributed by atoms with Gasteiger partial charge in [-0.3, -0.25) is 0 Å². The van der Waals surface area contributed by atoms with Crippen LogP contribution in [0.25, 0.3) is 104 Å². The van der Waals surface area contributed by atoms with Crippen molar-refractivity contribution in [3.05, 3.63) is 176 Å². The van der Waals surface area contributed by atoms with Crippen molar-refractivity contribution in [2.45, 2.75) is 0 Å². The highest BCUT2D eigenvalue weighted by Crippen LogP contribution is 2.43. The summed E-state index contributed by atoms with van der Waals surface area (Å²) in [4.78, 5) is 3.69. The van der Waals surface area contributed by atoms with Gasteiger partial charge in [-0.15, -0.1) is 0 Å². The number of fused-ring (bicyclic) bond motifs is 11. The largest absolute Gasteiger partial charge is 0.354 e. The fourth-order valence-corrected chi connectivity index (χ4v) is 8.46. The van der Waals surface area contributed by atoms with E-state index in [1.54, 1.807) is 0 Å². The summed E-state index contributed by atoms with van der Waals surface area (Å²) in [5.41, 5.74) is 10.9. The lowest BCUT2D eigenvalue weighted by Crippen LogP contribution is -1.94. The van der Waals surface area contributed by atoms with Crippen molar-refractivity contribution in [1.29, 1.82) is 0 Å². The number of hydrogen-bond donors (Lipinski definition) is 1. The smallest absolute Gasteiger partial charge is 0.0553 e. The summed E-state index contributed by atoms with van der Waals surface area (Å²) in [7, 11) is 0. The molecule has 2 nitrogen and oxygen atoms in total. The molecule has 0 aliphatic rings. The number of benzene rings is 9. The average Bonchev–Trinajstić information content (AvgIpc) is 3.73. The minimum Gasteiger partial charge on any atom is -0.354 e. The van der Waals surface area contributed by atoms with Crippen LogP contribution >= 0.6 is 0 Å². The Morgan fingerprint density at radius 3 is 1.58 bits per heavy atom. The van der Waals surface area contributed by atoms with Crippen LogP contribution < -0.4 is 0 Å². The summed E-state index contributed by atoms with van der Waals surface area (Å²) in [6.45, 7) is 0. The summed E-state index contributed by atoms with van der Waals surface area (Å²) in [6.07, 6.45) is 0. The van der Waals surface area contributed by atoms with Crippen molar-refractivity contribution in [3.63, 3.8) is 0 Å². The first kappa shape index (κ1) is 27.3. The van der Waals surface area contributed by atoms with Gasteiger partial charge in [0.1, 0.15) is 0 Å². The fourth-order valence-electron chi connectivity index (χ4n) is 8.46. The second-order valence-electron chi connectivity index (χ2n) is 13.4. The summed E-state index contributed by atoms with van der Waals surface area (Å²) < 4.78 is 2.42. The molecule has 2 aromatic heterocycles. The van der Waals surface area contributed by atoms with Crippen LogP contribution in [-0.4, -0.2) is 9.55 Å². The van der Waals surface area contributed by atoms with E-state index in [4.69, 9.17) is 0 Å². The zero-order valence-electron chi connectivity index (χ0n) is 27.2. The molecule has 2 heterocycles. The maximum absolute atomic E-state index is 3.69. The van der Waals surface area contributed by atoms with E-state index < -0.39 is 0 Å². The molecule has 2 heteroatoms. The molecule has 0 aliphatic heterocycles. The fraction of sp³-hybridized carbons (Fsp3) is 0. The Labute approximate surface area is 288 Å². The van der Waals surface area contributed by atoms with Crippen LogP contribution in [0.1, 0.15) is 0 Å². The van der Waals surface area contributed by atoms with Crippen molar-refractivity contribution in [3.8, 4) is 27.9 Å². The lowest BCUT2D eigenvalue weighted by Gasteiger charge is -2.13. The lowest BCUT2D eigenvalue weighted by molar-refractivity contribution is 1.18. The Morgan fingerprint density at radius 2 is 0.880 bits per heavy atom. The molecule has 1 N–H and O–H groups in total. The molecule has 0 radical (unpaired) electrons. The van der Waals surface area contributed by atoms with Crippen LogP contribution in [-0.2, 0) is 0 Å². The summed E-state index contributed by atoms with van der Waals surface area (Å²) >= 11 is 0. The molecule has 0 bridgehead atoms.